The summed E-state index contributed by atoms with van der Waals surface area (Å²) < 4.78 is 2.03. The van der Waals surface area contributed by atoms with Gasteiger partial charge < -0.3 is 10.7 Å². The molecule has 2 aromatic carbocycles. The lowest BCUT2D eigenvalue weighted by Gasteiger charge is -2.09. The fourth-order valence-electron chi connectivity index (χ4n) is 1.61. The molecule has 0 amide bonds. The van der Waals surface area contributed by atoms with Crippen molar-refractivity contribution in [2.24, 2.45) is 5.84 Å². The van der Waals surface area contributed by atoms with Gasteiger partial charge in [0.1, 0.15) is 0 Å². The second kappa shape index (κ2) is 6.37. The Balaban J connectivity index is 2.34. The molecule has 0 aromatic heterocycles. The first-order valence-electron chi connectivity index (χ1n) is 5.48. The Hall–Kier alpha value is -1.39. The van der Waals surface area contributed by atoms with Gasteiger partial charge in [0.25, 0.3) is 5.69 Å². The van der Waals surface area contributed by atoms with Crippen LogP contribution in [0.3, 0.4) is 0 Å². The predicted molar refractivity (Wildman–Crippen MR) is 91.0 cm³/mol. The minimum Gasteiger partial charge on any atom is -0.355 e. The van der Waals surface area contributed by atoms with Gasteiger partial charge in [-0.1, -0.05) is 0 Å². The fourth-order valence-corrected chi connectivity index (χ4v) is 2.33. The van der Waals surface area contributed by atoms with Crippen molar-refractivity contribution in [1.29, 1.82) is 0 Å². The van der Waals surface area contributed by atoms with Gasteiger partial charge >= 0.3 is 0 Å². The smallest absolute Gasteiger partial charge is 0.273 e. The number of nitrogen functional groups attached to an aromatic ring is 1. The van der Waals surface area contributed by atoms with E-state index in [1.165, 1.54) is 12.1 Å². The molecule has 4 N–H and O–H groups in total. The number of nitrogens with two attached hydrogens (primary N) is 1. The molecule has 8 heteroatoms. The van der Waals surface area contributed by atoms with E-state index in [-0.39, 0.29) is 5.69 Å². The molecule has 0 spiro atoms. The van der Waals surface area contributed by atoms with Crippen LogP contribution in [0.4, 0.5) is 22.7 Å². The number of rotatable bonds is 4. The Kier molecular flexibility index (Phi) is 4.78. The Bertz CT molecular complexity index is 666. The van der Waals surface area contributed by atoms with Crippen molar-refractivity contribution in [3.05, 3.63) is 54.6 Å². The zero-order chi connectivity index (χ0) is 14.7. The van der Waals surface area contributed by atoms with Gasteiger partial charge in [0.15, 0.2) is 0 Å². The van der Waals surface area contributed by atoms with Gasteiger partial charge in [-0.2, -0.15) is 0 Å². The minimum absolute atomic E-state index is 0.0347. The van der Waals surface area contributed by atoms with Gasteiger partial charge in [0.05, 0.1) is 10.6 Å². The van der Waals surface area contributed by atoms with Crippen LogP contribution in [0.2, 0.25) is 0 Å². The molecule has 6 nitrogen and oxygen atoms in total. The summed E-state index contributed by atoms with van der Waals surface area (Å²) >= 11 is 5.64. The highest BCUT2D eigenvalue weighted by Gasteiger charge is 2.10. The van der Waals surface area contributed by atoms with Gasteiger partial charge in [-0.05, 0) is 62.8 Å². The maximum Gasteiger partial charge on any atom is 0.273 e. The Morgan fingerprint density at radius 3 is 2.45 bits per heavy atom. The summed E-state index contributed by atoms with van der Waals surface area (Å²) in [6.07, 6.45) is 0. The highest BCUT2D eigenvalue weighted by atomic mass is 127. The molecule has 0 saturated heterocycles. The molecule has 0 fully saturated rings. The van der Waals surface area contributed by atoms with Crippen LogP contribution < -0.4 is 16.6 Å². The Labute approximate surface area is 137 Å². The van der Waals surface area contributed by atoms with Crippen LogP contribution in [-0.2, 0) is 0 Å². The Morgan fingerprint density at radius 1 is 1.15 bits per heavy atom. The van der Waals surface area contributed by atoms with Crippen molar-refractivity contribution in [2.75, 3.05) is 10.7 Å². The molecular weight excluding hydrogens is 439 g/mol. The lowest BCUT2D eigenvalue weighted by molar-refractivity contribution is -0.384. The number of hydrazine groups is 1. The molecule has 104 valence electrons. The van der Waals surface area contributed by atoms with Crippen LogP contribution in [0, 0.1) is 13.7 Å². The second-order valence-electron chi connectivity index (χ2n) is 3.92. The van der Waals surface area contributed by atoms with Gasteiger partial charge in [0.2, 0.25) is 0 Å². The van der Waals surface area contributed by atoms with Crippen LogP contribution in [0.15, 0.2) is 40.9 Å². The fraction of sp³-hybridized carbons (Fsp3) is 0. The SMILES string of the molecule is NNc1cc(Nc2ccc(I)c(Br)c2)cc([N+](=O)[O-])c1. The third kappa shape index (κ3) is 3.58. The van der Waals surface area contributed by atoms with Crippen molar-refractivity contribution < 1.29 is 4.92 Å². The molecule has 2 aromatic rings. The highest BCUT2D eigenvalue weighted by molar-refractivity contribution is 14.1. The van der Waals surface area contributed by atoms with Gasteiger partial charge in [-0.3, -0.25) is 16.0 Å². The molecule has 0 bridgehead atoms. The molecule has 2 rings (SSSR count). The first kappa shape index (κ1) is 15.0. The summed E-state index contributed by atoms with van der Waals surface area (Å²) in [7, 11) is 0. The average molecular weight is 449 g/mol. The number of nitrogens with one attached hydrogen (secondary N) is 2. The Morgan fingerprint density at radius 2 is 1.85 bits per heavy atom. The number of nitro groups is 1. The number of halogens is 2. The molecular formula is C12H10BrIN4O2. The summed E-state index contributed by atoms with van der Waals surface area (Å²) in [5.41, 5.74) is 4.25. The largest absolute Gasteiger partial charge is 0.355 e. The third-order valence-corrected chi connectivity index (χ3v) is 4.84. The number of nitrogens with zero attached hydrogens (tertiary/aromatic N) is 1. The molecule has 0 aliphatic rings. The summed E-state index contributed by atoms with van der Waals surface area (Å²) in [4.78, 5) is 10.4. The molecule has 0 radical (unpaired) electrons. The quantitative estimate of drug-likeness (QED) is 0.284. The molecule has 0 saturated carbocycles. The zero-order valence-electron chi connectivity index (χ0n) is 10.1. The zero-order valence-corrected chi connectivity index (χ0v) is 13.8. The van der Waals surface area contributed by atoms with Crippen molar-refractivity contribution >= 4 is 61.3 Å². The number of anilines is 3. The highest BCUT2D eigenvalue weighted by Crippen LogP contribution is 2.28. The van der Waals surface area contributed by atoms with E-state index in [1.54, 1.807) is 6.07 Å². The lowest BCUT2D eigenvalue weighted by atomic mass is 10.2. The normalized spacial score (nSPS) is 10.2. The van der Waals surface area contributed by atoms with Crippen molar-refractivity contribution in [3.63, 3.8) is 0 Å². The molecule has 0 aliphatic heterocycles. The van der Waals surface area contributed by atoms with E-state index < -0.39 is 4.92 Å². The van der Waals surface area contributed by atoms with E-state index in [9.17, 15) is 10.1 Å². The van der Waals surface area contributed by atoms with Gasteiger partial charge in [-0.25, -0.2) is 0 Å². The second-order valence-corrected chi connectivity index (χ2v) is 5.94. The maximum atomic E-state index is 10.9. The van der Waals surface area contributed by atoms with Crippen molar-refractivity contribution in [1.82, 2.24) is 0 Å². The molecule has 0 aliphatic carbocycles. The van der Waals surface area contributed by atoms with Crippen molar-refractivity contribution in [3.8, 4) is 0 Å². The van der Waals surface area contributed by atoms with Gasteiger partial charge in [0, 0.05) is 31.6 Å². The molecule has 0 atom stereocenters. The number of hydrogen-bond donors (Lipinski definition) is 3. The number of nitro benzene ring substituents is 1. The van der Waals surface area contributed by atoms with E-state index in [0.29, 0.717) is 11.4 Å². The number of benzene rings is 2. The van der Waals surface area contributed by atoms with E-state index in [2.05, 4.69) is 49.3 Å². The van der Waals surface area contributed by atoms with E-state index >= 15 is 0 Å². The summed E-state index contributed by atoms with van der Waals surface area (Å²) in [6, 6.07) is 10.2. The maximum absolute atomic E-state index is 10.9. The van der Waals surface area contributed by atoms with E-state index in [0.717, 1.165) is 13.7 Å². The molecule has 0 heterocycles. The monoisotopic (exact) mass is 448 g/mol. The number of non-ortho nitro benzene ring substituents is 1. The lowest BCUT2D eigenvalue weighted by Crippen LogP contribution is -2.07. The predicted octanol–water partition coefficient (Wildman–Crippen LogP) is 3.99. The minimum atomic E-state index is -0.462. The summed E-state index contributed by atoms with van der Waals surface area (Å²) in [5.74, 6) is 5.32. The average Bonchev–Trinajstić information content (AvgIpc) is 2.42. The standard InChI is InChI=1S/C12H10BrIN4O2/c13-11-6-7(1-2-12(11)14)16-8-3-9(17-15)5-10(4-8)18(19)20/h1-6,16-17H,15H2. The van der Waals surface area contributed by atoms with E-state index in [4.69, 9.17) is 5.84 Å². The van der Waals surface area contributed by atoms with Crippen LogP contribution >= 0.6 is 38.5 Å². The molecule has 20 heavy (non-hydrogen) atoms. The van der Waals surface area contributed by atoms with Crippen LogP contribution in [0.1, 0.15) is 0 Å². The topological polar surface area (TPSA) is 93.2 Å². The van der Waals surface area contributed by atoms with E-state index in [1.807, 2.05) is 18.2 Å². The summed E-state index contributed by atoms with van der Waals surface area (Å²) in [5, 5.41) is 14.0. The van der Waals surface area contributed by atoms with Crippen molar-refractivity contribution in [2.45, 2.75) is 0 Å². The number of hydrogen-bond acceptors (Lipinski definition) is 5. The first-order valence-corrected chi connectivity index (χ1v) is 7.35. The molecule has 0 unspecified atom stereocenters. The van der Waals surface area contributed by atoms with Crippen LogP contribution in [-0.4, -0.2) is 4.92 Å². The van der Waals surface area contributed by atoms with Crippen LogP contribution in [0.5, 0.6) is 0 Å². The summed E-state index contributed by atoms with van der Waals surface area (Å²) in [6.45, 7) is 0. The first-order chi connectivity index (χ1) is 9.49. The third-order valence-electron chi connectivity index (χ3n) is 2.50. The van der Waals surface area contributed by atoms with Crippen LogP contribution in [0.25, 0.3) is 0 Å². The van der Waals surface area contributed by atoms with Gasteiger partial charge in [-0.15, -0.1) is 0 Å².